The molecule has 1 fully saturated rings. The van der Waals surface area contributed by atoms with Crippen molar-refractivity contribution in [3.05, 3.63) is 65.9 Å². The highest BCUT2D eigenvalue weighted by Gasteiger charge is 2.30. The van der Waals surface area contributed by atoms with Gasteiger partial charge in [0.05, 0.1) is 0 Å². The molecule has 1 aliphatic heterocycles. The minimum absolute atomic E-state index is 0.0215. The summed E-state index contributed by atoms with van der Waals surface area (Å²) < 4.78 is 5.80. The molecule has 0 atom stereocenters. The number of anilines is 1. The van der Waals surface area contributed by atoms with Gasteiger partial charge in [-0.2, -0.15) is 0 Å². The lowest BCUT2D eigenvalue weighted by molar-refractivity contribution is -0.121. The van der Waals surface area contributed by atoms with Gasteiger partial charge in [-0.3, -0.25) is 9.59 Å². The lowest BCUT2D eigenvalue weighted by Gasteiger charge is -2.31. The van der Waals surface area contributed by atoms with Crippen LogP contribution in [0.3, 0.4) is 0 Å². The highest BCUT2D eigenvalue weighted by Crippen LogP contribution is 2.28. The van der Waals surface area contributed by atoms with E-state index < -0.39 is 0 Å². The number of para-hydroxylation sites is 2. The zero-order valence-corrected chi connectivity index (χ0v) is 15.3. The van der Waals surface area contributed by atoms with Crippen LogP contribution in [-0.4, -0.2) is 29.8 Å². The highest BCUT2D eigenvalue weighted by molar-refractivity contribution is 5.99. The smallest absolute Gasteiger partial charge is 0.289 e. The Morgan fingerprint density at radius 1 is 1.00 bits per heavy atom. The van der Waals surface area contributed by atoms with Crippen LogP contribution in [-0.2, 0) is 4.79 Å². The summed E-state index contributed by atoms with van der Waals surface area (Å²) >= 11 is 0. The van der Waals surface area contributed by atoms with E-state index >= 15 is 0 Å². The van der Waals surface area contributed by atoms with Crippen LogP contribution >= 0.6 is 0 Å². The third-order valence-corrected chi connectivity index (χ3v) is 5.23. The van der Waals surface area contributed by atoms with Crippen molar-refractivity contribution in [3.63, 3.8) is 0 Å². The first-order chi connectivity index (χ1) is 13.1. The Kier molecular flexibility index (Phi) is 4.67. The van der Waals surface area contributed by atoms with Gasteiger partial charge in [-0.25, -0.2) is 0 Å². The van der Waals surface area contributed by atoms with E-state index in [0.29, 0.717) is 31.7 Å². The summed E-state index contributed by atoms with van der Waals surface area (Å²) in [7, 11) is 0. The van der Waals surface area contributed by atoms with E-state index in [-0.39, 0.29) is 17.7 Å². The number of aryl methyl sites for hydroxylation is 1. The third kappa shape index (κ3) is 3.45. The predicted molar refractivity (Wildman–Crippen MR) is 105 cm³/mol. The first kappa shape index (κ1) is 17.3. The maximum atomic E-state index is 12.9. The summed E-state index contributed by atoms with van der Waals surface area (Å²) in [6.07, 6.45) is 1.31. The van der Waals surface area contributed by atoms with Gasteiger partial charge in [-0.1, -0.05) is 36.4 Å². The van der Waals surface area contributed by atoms with Crippen LogP contribution in [0, 0.1) is 12.8 Å². The van der Waals surface area contributed by atoms with E-state index in [1.807, 2.05) is 61.5 Å². The zero-order chi connectivity index (χ0) is 18.8. The minimum Gasteiger partial charge on any atom is -0.451 e. The molecule has 1 saturated heterocycles. The Labute approximate surface area is 158 Å². The maximum absolute atomic E-state index is 12.9. The highest BCUT2D eigenvalue weighted by atomic mass is 16.3. The molecule has 5 nitrogen and oxygen atoms in total. The fourth-order valence-corrected chi connectivity index (χ4v) is 3.63. The summed E-state index contributed by atoms with van der Waals surface area (Å²) in [5.41, 5.74) is 2.41. The SMILES string of the molecule is Cc1c(C(=O)N2CCC(C(=O)Nc3ccccc3)CC2)oc2ccccc12. The van der Waals surface area contributed by atoms with Crippen molar-refractivity contribution in [3.8, 4) is 0 Å². The fraction of sp³-hybridized carbons (Fsp3) is 0.273. The normalized spacial score (nSPS) is 15.1. The second-order valence-corrected chi connectivity index (χ2v) is 6.97. The molecule has 0 bridgehead atoms. The molecule has 2 amide bonds. The molecule has 138 valence electrons. The summed E-state index contributed by atoms with van der Waals surface area (Å²) in [6, 6.07) is 17.1. The summed E-state index contributed by atoms with van der Waals surface area (Å²) in [4.78, 5) is 27.1. The van der Waals surface area contributed by atoms with Crippen molar-refractivity contribution in [2.24, 2.45) is 5.92 Å². The predicted octanol–water partition coefficient (Wildman–Crippen LogP) is 4.23. The number of hydrogen-bond acceptors (Lipinski definition) is 3. The minimum atomic E-state index is -0.0920. The largest absolute Gasteiger partial charge is 0.451 e. The van der Waals surface area contributed by atoms with Gasteiger partial charge in [0.15, 0.2) is 5.76 Å². The Morgan fingerprint density at radius 3 is 2.37 bits per heavy atom. The van der Waals surface area contributed by atoms with Gasteiger partial charge in [0, 0.05) is 35.6 Å². The number of carbonyl (C=O) groups is 2. The van der Waals surface area contributed by atoms with Crippen LogP contribution in [0.4, 0.5) is 5.69 Å². The summed E-state index contributed by atoms with van der Waals surface area (Å²) in [6.45, 7) is 3.03. The van der Waals surface area contributed by atoms with Gasteiger partial charge in [-0.05, 0) is 38.0 Å². The van der Waals surface area contributed by atoms with E-state index in [9.17, 15) is 9.59 Å². The number of hydrogen-bond donors (Lipinski definition) is 1. The van der Waals surface area contributed by atoms with Gasteiger partial charge < -0.3 is 14.6 Å². The Hall–Kier alpha value is -3.08. The second-order valence-electron chi connectivity index (χ2n) is 6.97. The molecule has 5 heteroatoms. The van der Waals surface area contributed by atoms with Crippen LogP contribution in [0.1, 0.15) is 29.0 Å². The monoisotopic (exact) mass is 362 g/mol. The molecular formula is C22H22N2O3. The van der Waals surface area contributed by atoms with Gasteiger partial charge in [-0.15, -0.1) is 0 Å². The first-order valence-electron chi connectivity index (χ1n) is 9.27. The average Bonchev–Trinajstić information content (AvgIpc) is 3.05. The van der Waals surface area contributed by atoms with Gasteiger partial charge in [0.1, 0.15) is 5.58 Å². The number of benzene rings is 2. The van der Waals surface area contributed by atoms with Crippen molar-refractivity contribution < 1.29 is 14.0 Å². The van der Waals surface area contributed by atoms with Crippen molar-refractivity contribution >= 4 is 28.5 Å². The molecule has 0 spiro atoms. The maximum Gasteiger partial charge on any atom is 0.289 e. The molecular weight excluding hydrogens is 340 g/mol. The van der Waals surface area contributed by atoms with E-state index in [2.05, 4.69) is 5.32 Å². The molecule has 0 aliphatic carbocycles. The molecule has 1 N–H and O–H groups in total. The number of piperidine rings is 1. The molecule has 0 saturated carbocycles. The van der Waals surface area contributed by atoms with Crippen LogP contribution in [0.15, 0.2) is 59.0 Å². The molecule has 3 aromatic rings. The number of likely N-dealkylation sites (tertiary alicyclic amines) is 1. The third-order valence-electron chi connectivity index (χ3n) is 5.23. The van der Waals surface area contributed by atoms with Crippen LogP contribution in [0.5, 0.6) is 0 Å². The van der Waals surface area contributed by atoms with E-state index in [1.54, 1.807) is 4.90 Å². The lowest BCUT2D eigenvalue weighted by Crippen LogP contribution is -2.41. The van der Waals surface area contributed by atoms with Crippen LogP contribution in [0.2, 0.25) is 0 Å². The number of amides is 2. The Balaban J connectivity index is 1.40. The Morgan fingerprint density at radius 2 is 1.67 bits per heavy atom. The number of rotatable bonds is 3. The quantitative estimate of drug-likeness (QED) is 0.758. The van der Waals surface area contributed by atoms with Crippen molar-refractivity contribution in [2.75, 3.05) is 18.4 Å². The van der Waals surface area contributed by atoms with Gasteiger partial charge in [0.25, 0.3) is 5.91 Å². The van der Waals surface area contributed by atoms with Crippen LogP contribution < -0.4 is 5.32 Å². The van der Waals surface area contributed by atoms with Crippen molar-refractivity contribution in [1.29, 1.82) is 0 Å². The average molecular weight is 362 g/mol. The molecule has 2 heterocycles. The lowest BCUT2D eigenvalue weighted by atomic mass is 9.95. The number of nitrogens with zero attached hydrogens (tertiary/aromatic N) is 1. The second kappa shape index (κ2) is 7.27. The summed E-state index contributed by atoms with van der Waals surface area (Å²) in [5, 5.41) is 3.92. The number of nitrogens with one attached hydrogen (secondary N) is 1. The van der Waals surface area contributed by atoms with Crippen molar-refractivity contribution in [2.45, 2.75) is 19.8 Å². The van der Waals surface area contributed by atoms with E-state index in [1.165, 1.54) is 0 Å². The molecule has 2 aromatic carbocycles. The van der Waals surface area contributed by atoms with Gasteiger partial charge in [0.2, 0.25) is 5.91 Å². The van der Waals surface area contributed by atoms with Crippen LogP contribution in [0.25, 0.3) is 11.0 Å². The van der Waals surface area contributed by atoms with E-state index in [0.717, 1.165) is 22.2 Å². The zero-order valence-electron chi connectivity index (χ0n) is 15.3. The number of furan rings is 1. The molecule has 1 aliphatic rings. The standard InChI is InChI=1S/C22H22N2O3/c1-15-18-9-5-6-10-19(18)27-20(15)22(26)24-13-11-16(12-14-24)21(25)23-17-7-3-2-4-8-17/h2-10,16H,11-14H2,1H3,(H,23,25). The first-order valence-corrected chi connectivity index (χ1v) is 9.27. The van der Waals surface area contributed by atoms with E-state index in [4.69, 9.17) is 4.42 Å². The number of carbonyl (C=O) groups excluding carboxylic acids is 2. The molecule has 27 heavy (non-hydrogen) atoms. The van der Waals surface area contributed by atoms with Gasteiger partial charge >= 0.3 is 0 Å². The fourth-order valence-electron chi connectivity index (χ4n) is 3.63. The molecule has 1 aromatic heterocycles. The summed E-state index contributed by atoms with van der Waals surface area (Å²) in [5.74, 6) is 0.258. The molecule has 4 rings (SSSR count). The van der Waals surface area contributed by atoms with Crippen molar-refractivity contribution in [1.82, 2.24) is 4.90 Å². The molecule has 0 unspecified atom stereocenters. The topological polar surface area (TPSA) is 62.6 Å². The number of fused-ring (bicyclic) bond motifs is 1. The molecule has 0 radical (unpaired) electrons. The Bertz CT molecular complexity index is 970.